The molecule has 8 aliphatic rings. The highest BCUT2D eigenvalue weighted by Gasteiger charge is 2.77. The van der Waals surface area contributed by atoms with E-state index in [-0.39, 0.29) is 78.8 Å². The first-order valence-electron chi connectivity index (χ1n) is 24.8. The molecule has 1 aliphatic heterocycles. The number of guanidine groups is 1. The summed E-state index contributed by atoms with van der Waals surface area (Å²) in [6.07, 6.45) is 18.3. The second-order valence-electron chi connectivity index (χ2n) is 22.9. The number of nitrogens with two attached hydrogens (primary N) is 1. The number of aliphatic hydroxyl groups excluding tert-OH is 5. The second kappa shape index (κ2) is 17.9. The van der Waals surface area contributed by atoms with Crippen LogP contribution in [0.15, 0.2) is 46.5 Å². The summed E-state index contributed by atoms with van der Waals surface area (Å²) in [5.74, 6) is -0.931. The highest BCUT2D eigenvalue weighted by Crippen LogP contribution is 2.75. The number of carbonyl (C=O) groups is 1. The Hall–Kier alpha value is -1.91. The van der Waals surface area contributed by atoms with Crippen LogP contribution in [0.4, 0.5) is 0 Å². The molecule has 15 unspecified atom stereocenters. The minimum atomic E-state index is -1.59. The lowest BCUT2D eigenvalue weighted by Crippen LogP contribution is -2.70. The zero-order valence-corrected chi connectivity index (χ0v) is 40.3. The summed E-state index contributed by atoms with van der Waals surface area (Å²) >= 11 is 0. The molecule has 0 amide bonds. The number of hydrogen-bond donors (Lipinski definition) is 8. The van der Waals surface area contributed by atoms with Gasteiger partial charge in [0, 0.05) is 53.7 Å². The molecule has 7 aliphatic carbocycles. The van der Waals surface area contributed by atoms with Gasteiger partial charge in [-0.1, -0.05) is 72.8 Å². The number of aliphatic imine (C=N–C) groups is 1. The zero-order valence-electron chi connectivity index (χ0n) is 38.7. The molecule has 356 valence electrons. The van der Waals surface area contributed by atoms with Gasteiger partial charge in [0.15, 0.2) is 11.7 Å². The van der Waals surface area contributed by atoms with Crippen molar-refractivity contribution in [3.05, 3.63) is 41.5 Å². The zero-order chi connectivity index (χ0) is 45.4. The van der Waals surface area contributed by atoms with Gasteiger partial charge < -0.3 is 46.3 Å². The molecule has 0 radical (unpaired) electrons. The molecule has 1 aromatic rings. The molecule has 2 heterocycles. The van der Waals surface area contributed by atoms with Gasteiger partial charge in [-0.05, 0) is 148 Å². The summed E-state index contributed by atoms with van der Waals surface area (Å²) in [4.78, 5) is 24.0. The monoisotopic (exact) mass is 924 g/mol. The first-order valence-corrected chi connectivity index (χ1v) is 27.3. The van der Waals surface area contributed by atoms with E-state index in [0.717, 1.165) is 37.9 Å². The number of ketones is 1. The minimum Gasteiger partial charge on any atom is -0.396 e. The van der Waals surface area contributed by atoms with Gasteiger partial charge in [-0.15, -0.1) is 0 Å². The third-order valence-electron chi connectivity index (χ3n) is 19.2. The number of fused-ring (bicyclic) bond motifs is 6. The third-order valence-corrected chi connectivity index (χ3v) is 21.7. The summed E-state index contributed by atoms with van der Waals surface area (Å²) in [5, 5.41) is 75.3. The topological polar surface area (TPSA) is 207 Å². The Balaban J connectivity index is 1.20. The lowest BCUT2D eigenvalue weighted by atomic mass is 9.39. The third kappa shape index (κ3) is 7.79. The number of hydrogen-bond acceptors (Lipinski definition) is 11. The van der Waals surface area contributed by atoms with Gasteiger partial charge in [0.2, 0.25) is 0 Å². The molecule has 1 spiro atoms. The van der Waals surface area contributed by atoms with Crippen molar-refractivity contribution < 1.29 is 35.4 Å². The maximum atomic E-state index is 14.6. The molecule has 9 N–H and O–H groups in total. The first-order chi connectivity index (χ1) is 30.5. The van der Waals surface area contributed by atoms with Crippen LogP contribution in [0.3, 0.4) is 0 Å². The molecular weight excluding hydrogens is 847 g/mol. The van der Waals surface area contributed by atoms with E-state index in [1.807, 2.05) is 23.3 Å². The quantitative estimate of drug-likeness (QED) is 0.0538. The molecule has 7 fully saturated rings. The van der Waals surface area contributed by atoms with Crippen molar-refractivity contribution in [2.45, 2.75) is 167 Å². The average molecular weight is 924 g/mol. The van der Waals surface area contributed by atoms with E-state index < -0.39 is 52.8 Å². The van der Waals surface area contributed by atoms with Gasteiger partial charge in [0.05, 0.1) is 36.8 Å². The fraction of sp³-hybridized carbons (Fsp3) is 0.820. The molecule has 1 aromatic heterocycles. The lowest BCUT2D eigenvalue weighted by molar-refractivity contribution is -0.207. The van der Waals surface area contributed by atoms with Crippen LogP contribution in [-0.2, 0) is 4.79 Å². The number of nitrogens with one attached hydrogen (secondary N) is 1. The predicted molar refractivity (Wildman–Crippen MR) is 253 cm³/mol. The van der Waals surface area contributed by atoms with Gasteiger partial charge in [-0.2, -0.15) is 0 Å². The number of aromatic nitrogens is 2. The second-order valence-corrected chi connectivity index (χ2v) is 25.5. The van der Waals surface area contributed by atoms with E-state index in [0.29, 0.717) is 36.0 Å². The molecule has 64 heavy (non-hydrogen) atoms. The van der Waals surface area contributed by atoms with Crippen LogP contribution in [0, 0.1) is 63.1 Å². The van der Waals surface area contributed by atoms with E-state index in [1.165, 1.54) is 44.1 Å². The van der Waals surface area contributed by atoms with E-state index in [9.17, 15) is 35.4 Å². The van der Waals surface area contributed by atoms with Crippen molar-refractivity contribution in [1.82, 2.24) is 14.9 Å². The molecule has 12 nitrogen and oxygen atoms in total. The van der Waals surface area contributed by atoms with Gasteiger partial charge in [-0.3, -0.25) is 9.79 Å². The van der Waals surface area contributed by atoms with E-state index >= 15 is 0 Å². The number of carbonyl (C=O) groups excluding carboxylic acids is 1. The van der Waals surface area contributed by atoms with Crippen LogP contribution in [0.5, 0.6) is 0 Å². The maximum absolute atomic E-state index is 14.6. The van der Waals surface area contributed by atoms with Crippen molar-refractivity contribution in [2.75, 3.05) is 24.7 Å². The molecule has 14 heteroatoms. The lowest BCUT2D eigenvalue weighted by Gasteiger charge is -2.66. The number of allylic oxidation sites excluding steroid dienone is 2. The van der Waals surface area contributed by atoms with Gasteiger partial charge in [0.1, 0.15) is 6.23 Å². The molecule has 2 bridgehead atoms. The largest absolute Gasteiger partial charge is 0.396 e. The van der Waals surface area contributed by atoms with E-state index in [1.54, 1.807) is 29.4 Å². The molecule has 1 saturated heterocycles. The number of nitrogens with zero attached hydrogens (tertiary/aromatic N) is 3. The van der Waals surface area contributed by atoms with Crippen molar-refractivity contribution in [3.8, 4) is 0 Å². The van der Waals surface area contributed by atoms with Gasteiger partial charge >= 0.3 is 0 Å². The van der Waals surface area contributed by atoms with Crippen molar-refractivity contribution >= 4 is 33.3 Å². The summed E-state index contributed by atoms with van der Waals surface area (Å²) in [6.45, 7) is 8.37. The van der Waals surface area contributed by atoms with Crippen LogP contribution in [0.1, 0.15) is 136 Å². The van der Waals surface area contributed by atoms with Crippen molar-refractivity contribution in [2.24, 2.45) is 73.8 Å². The highest BCUT2D eigenvalue weighted by atomic mass is 33.1. The van der Waals surface area contributed by atoms with Crippen LogP contribution >= 0.6 is 21.6 Å². The number of aliphatic hydroxyl groups is 6. The molecule has 9 rings (SSSR count). The minimum absolute atomic E-state index is 0.0908. The smallest absolute Gasteiger partial charge is 0.190 e. The Labute approximate surface area is 388 Å². The van der Waals surface area contributed by atoms with E-state index in [4.69, 9.17) is 10.7 Å². The van der Waals surface area contributed by atoms with Gasteiger partial charge in [0.25, 0.3) is 0 Å². The van der Waals surface area contributed by atoms with Crippen molar-refractivity contribution in [3.63, 3.8) is 0 Å². The normalized spacial score (nSPS) is 45.2. The fourth-order valence-electron chi connectivity index (χ4n) is 16.6. The number of rotatable bonds is 5. The average Bonchev–Trinajstić information content (AvgIpc) is 3.97. The molecule has 6 saturated carbocycles. The Morgan fingerprint density at radius 3 is 2.47 bits per heavy atom. The summed E-state index contributed by atoms with van der Waals surface area (Å²) < 4.78 is 2.25. The molecule has 0 aromatic carbocycles. The first kappa shape index (κ1) is 47.2. The summed E-state index contributed by atoms with van der Waals surface area (Å²) in [6, 6.07) is 0.157. The van der Waals surface area contributed by atoms with Crippen LogP contribution < -0.4 is 11.1 Å². The predicted octanol–water partition coefficient (Wildman–Crippen LogP) is 6.32. The Bertz CT molecular complexity index is 1970. The van der Waals surface area contributed by atoms with E-state index in [2.05, 4.69) is 41.8 Å². The van der Waals surface area contributed by atoms with Gasteiger partial charge in [-0.25, -0.2) is 4.98 Å². The summed E-state index contributed by atoms with van der Waals surface area (Å²) in [5.41, 5.74) is 6.65. The molecule has 15 atom stereocenters. The standard InChI is InChI=1S/C50H77N5O7S2/c1-29(57)54-45(51)53-24-34-35-11-7-10-33-37-17-31(50(62,49(35,37)27-56)39-20-41(59)38-19-42(60)43(61)23-47(38,4)44(34)39)25-63-64-26-32(55-16-15-52-28-55)22-46(2,3)36(18-40(33)58)30-9-8-14-48(21-30)12-5-6-13-48/h15-16,20,28-29,31-35,37-38,40,42-44,56-58,60-62H,5-14,17-19,21-27H2,1-4H3,(H3,51,53,54). The van der Waals surface area contributed by atoms with Crippen molar-refractivity contribution in [1.29, 1.82) is 0 Å². The van der Waals surface area contributed by atoms with Crippen LogP contribution in [0.25, 0.3) is 0 Å². The summed E-state index contributed by atoms with van der Waals surface area (Å²) in [7, 11) is 3.60. The SMILES string of the molecule is CC(O)NC(N)=NCC1C2C(=CC(=O)C3CC(O)C(O)CC32C)C2(O)C3CSSCC(n4ccnc4)CC(C)(C)C(=C4CCCC5(CCCC5)C4)CC(O)C4CCCC1C2(CO)C4C3. The number of imidazole rings is 1. The Morgan fingerprint density at radius 2 is 1.75 bits per heavy atom. The molecular formula is C50H77N5O7S2. The van der Waals surface area contributed by atoms with Crippen LogP contribution in [0.2, 0.25) is 0 Å². The fourth-order valence-corrected chi connectivity index (χ4v) is 19.3. The van der Waals surface area contributed by atoms with Crippen LogP contribution in [-0.4, -0.2) is 107 Å². The Kier molecular flexibility index (Phi) is 13.2. The highest BCUT2D eigenvalue weighted by molar-refractivity contribution is 8.76. The Morgan fingerprint density at radius 1 is 1.00 bits per heavy atom. The maximum Gasteiger partial charge on any atom is 0.190 e.